The summed E-state index contributed by atoms with van der Waals surface area (Å²) in [6.07, 6.45) is 1.04. The molecule has 13 heavy (non-hydrogen) atoms. The zero-order valence-electron chi connectivity index (χ0n) is 9.85. The normalized spacial score (nSPS) is 13.8. The number of aliphatic hydroxyl groups is 1. The molecule has 0 aliphatic heterocycles. The van der Waals surface area contributed by atoms with Crippen LogP contribution in [0.4, 0.5) is 0 Å². The standard InChI is InChI=1S/C11H24O2/c1-9(2)7-8-13-11(5,6)10(3,4)12/h9,12H,7-8H2,1-6H3. The highest BCUT2D eigenvalue weighted by molar-refractivity contribution is 4.87. The van der Waals surface area contributed by atoms with Crippen molar-refractivity contribution in [1.82, 2.24) is 0 Å². The Balaban J connectivity index is 3.90. The molecule has 0 amide bonds. The summed E-state index contributed by atoms with van der Waals surface area (Å²) in [5, 5.41) is 9.79. The molecule has 0 bridgehead atoms. The van der Waals surface area contributed by atoms with Gasteiger partial charge in [0.05, 0.1) is 11.2 Å². The molecule has 2 heteroatoms. The van der Waals surface area contributed by atoms with Gasteiger partial charge in [0.25, 0.3) is 0 Å². The summed E-state index contributed by atoms with van der Waals surface area (Å²) in [7, 11) is 0. The largest absolute Gasteiger partial charge is 0.387 e. The molecular weight excluding hydrogens is 164 g/mol. The van der Waals surface area contributed by atoms with Crippen LogP contribution in [0.1, 0.15) is 48.0 Å². The summed E-state index contributed by atoms with van der Waals surface area (Å²) in [4.78, 5) is 0. The first kappa shape index (κ1) is 12.9. The summed E-state index contributed by atoms with van der Waals surface area (Å²) in [5.74, 6) is 0.651. The van der Waals surface area contributed by atoms with E-state index in [1.807, 2.05) is 13.8 Å². The molecule has 0 saturated heterocycles. The zero-order chi connectivity index (χ0) is 10.7. The first-order valence-corrected chi connectivity index (χ1v) is 5.03. The summed E-state index contributed by atoms with van der Waals surface area (Å²) >= 11 is 0. The Kier molecular flexibility index (Phi) is 4.40. The first-order valence-electron chi connectivity index (χ1n) is 5.03. The Labute approximate surface area is 82.3 Å². The van der Waals surface area contributed by atoms with Gasteiger partial charge in [-0.25, -0.2) is 0 Å². The quantitative estimate of drug-likeness (QED) is 0.718. The van der Waals surface area contributed by atoms with E-state index in [4.69, 9.17) is 4.74 Å². The molecule has 0 rings (SSSR count). The van der Waals surface area contributed by atoms with E-state index in [1.54, 1.807) is 13.8 Å². The van der Waals surface area contributed by atoms with Gasteiger partial charge in [-0.15, -0.1) is 0 Å². The molecule has 1 N–H and O–H groups in total. The summed E-state index contributed by atoms with van der Waals surface area (Å²) in [6.45, 7) is 12.5. The summed E-state index contributed by atoms with van der Waals surface area (Å²) in [6, 6.07) is 0. The summed E-state index contributed by atoms with van der Waals surface area (Å²) in [5.41, 5.74) is -1.26. The maximum atomic E-state index is 9.79. The van der Waals surface area contributed by atoms with Crippen LogP contribution in [0.5, 0.6) is 0 Å². The second-order valence-electron chi connectivity index (χ2n) is 5.10. The van der Waals surface area contributed by atoms with Crippen molar-refractivity contribution in [2.24, 2.45) is 5.92 Å². The van der Waals surface area contributed by atoms with Crippen LogP contribution in [0.3, 0.4) is 0 Å². The fourth-order valence-corrected chi connectivity index (χ4v) is 0.726. The maximum Gasteiger partial charge on any atom is 0.0906 e. The summed E-state index contributed by atoms with van der Waals surface area (Å²) < 4.78 is 5.65. The van der Waals surface area contributed by atoms with Crippen molar-refractivity contribution in [3.05, 3.63) is 0 Å². The van der Waals surface area contributed by atoms with E-state index in [2.05, 4.69) is 13.8 Å². The van der Waals surface area contributed by atoms with Crippen molar-refractivity contribution in [2.75, 3.05) is 6.61 Å². The third kappa shape index (κ3) is 4.63. The van der Waals surface area contributed by atoms with E-state index < -0.39 is 11.2 Å². The second kappa shape index (κ2) is 4.43. The molecule has 80 valence electrons. The highest BCUT2D eigenvalue weighted by atomic mass is 16.5. The molecule has 2 nitrogen and oxygen atoms in total. The molecule has 0 radical (unpaired) electrons. The van der Waals surface area contributed by atoms with Gasteiger partial charge in [-0.1, -0.05) is 13.8 Å². The van der Waals surface area contributed by atoms with Crippen molar-refractivity contribution in [3.63, 3.8) is 0 Å². The Morgan fingerprint density at radius 1 is 1.15 bits per heavy atom. The van der Waals surface area contributed by atoms with E-state index in [-0.39, 0.29) is 0 Å². The van der Waals surface area contributed by atoms with Gasteiger partial charge >= 0.3 is 0 Å². The van der Waals surface area contributed by atoms with Crippen LogP contribution >= 0.6 is 0 Å². The van der Waals surface area contributed by atoms with Crippen LogP contribution in [0.2, 0.25) is 0 Å². The van der Waals surface area contributed by atoms with Crippen molar-refractivity contribution < 1.29 is 9.84 Å². The van der Waals surface area contributed by atoms with Crippen molar-refractivity contribution in [2.45, 2.75) is 59.2 Å². The van der Waals surface area contributed by atoms with Crippen LogP contribution in [-0.4, -0.2) is 22.9 Å². The minimum absolute atomic E-state index is 0.470. The molecule has 0 heterocycles. The van der Waals surface area contributed by atoms with Crippen molar-refractivity contribution >= 4 is 0 Å². The van der Waals surface area contributed by atoms with Crippen LogP contribution in [0.25, 0.3) is 0 Å². The van der Waals surface area contributed by atoms with Crippen LogP contribution < -0.4 is 0 Å². The topological polar surface area (TPSA) is 29.5 Å². The molecule has 0 atom stereocenters. The lowest BCUT2D eigenvalue weighted by Gasteiger charge is -2.37. The highest BCUT2D eigenvalue weighted by Crippen LogP contribution is 2.25. The lowest BCUT2D eigenvalue weighted by atomic mass is 9.89. The Morgan fingerprint density at radius 3 is 1.92 bits per heavy atom. The van der Waals surface area contributed by atoms with Crippen molar-refractivity contribution in [3.8, 4) is 0 Å². The Hall–Kier alpha value is -0.0800. The maximum absolute atomic E-state index is 9.79. The average Bonchev–Trinajstić information content (AvgIpc) is 1.82. The molecule has 0 aliphatic carbocycles. The number of ether oxygens (including phenoxy) is 1. The van der Waals surface area contributed by atoms with Gasteiger partial charge in [0.2, 0.25) is 0 Å². The van der Waals surface area contributed by atoms with Gasteiger partial charge in [0, 0.05) is 6.61 Å². The van der Waals surface area contributed by atoms with Gasteiger partial charge in [-0.3, -0.25) is 0 Å². The first-order chi connectivity index (χ1) is 5.67. The molecule has 0 aliphatic rings. The molecular formula is C11H24O2. The lowest BCUT2D eigenvalue weighted by Crippen LogP contribution is -2.47. The SMILES string of the molecule is CC(C)CCOC(C)(C)C(C)(C)O. The Morgan fingerprint density at radius 2 is 1.62 bits per heavy atom. The Bertz CT molecular complexity index is 143. The average molecular weight is 188 g/mol. The van der Waals surface area contributed by atoms with Crippen molar-refractivity contribution in [1.29, 1.82) is 0 Å². The fraction of sp³-hybridized carbons (Fsp3) is 1.00. The minimum Gasteiger partial charge on any atom is -0.387 e. The number of rotatable bonds is 5. The molecule has 0 aromatic heterocycles. The molecule has 0 aromatic carbocycles. The number of hydrogen-bond donors (Lipinski definition) is 1. The van der Waals surface area contributed by atoms with E-state index in [0.717, 1.165) is 6.42 Å². The smallest absolute Gasteiger partial charge is 0.0906 e. The van der Waals surface area contributed by atoms with Crippen LogP contribution in [0.15, 0.2) is 0 Å². The van der Waals surface area contributed by atoms with E-state index >= 15 is 0 Å². The van der Waals surface area contributed by atoms with Gasteiger partial charge in [0.1, 0.15) is 0 Å². The highest BCUT2D eigenvalue weighted by Gasteiger charge is 2.35. The zero-order valence-corrected chi connectivity index (χ0v) is 9.85. The van der Waals surface area contributed by atoms with E-state index in [0.29, 0.717) is 12.5 Å². The van der Waals surface area contributed by atoms with Gasteiger partial charge in [-0.05, 0) is 40.0 Å². The van der Waals surface area contributed by atoms with E-state index in [1.165, 1.54) is 0 Å². The molecule has 0 aromatic rings. The third-order valence-corrected chi connectivity index (χ3v) is 2.63. The molecule has 0 spiro atoms. The van der Waals surface area contributed by atoms with E-state index in [9.17, 15) is 5.11 Å². The predicted molar refractivity (Wildman–Crippen MR) is 55.8 cm³/mol. The minimum atomic E-state index is -0.788. The van der Waals surface area contributed by atoms with Crippen LogP contribution in [-0.2, 0) is 4.74 Å². The van der Waals surface area contributed by atoms with Gasteiger partial charge < -0.3 is 9.84 Å². The third-order valence-electron chi connectivity index (χ3n) is 2.63. The number of hydrogen-bond acceptors (Lipinski definition) is 2. The molecule has 0 saturated carbocycles. The van der Waals surface area contributed by atoms with Crippen LogP contribution in [0, 0.1) is 5.92 Å². The fourth-order valence-electron chi connectivity index (χ4n) is 0.726. The molecule has 0 fully saturated rings. The van der Waals surface area contributed by atoms with Gasteiger partial charge in [-0.2, -0.15) is 0 Å². The monoisotopic (exact) mass is 188 g/mol. The second-order valence-corrected chi connectivity index (χ2v) is 5.10. The van der Waals surface area contributed by atoms with Gasteiger partial charge in [0.15, 0.2) is 0 Å². The predicted octanol–water partition coefficient (Wildman–Crippen LogP) is 2.60. The molecule has 0 unspecified atom stereocenters. The lowest BCUT2D eigenvalue weighted by molar-refractivity contribution is -0.148.